The highest BCUT2D eigenvalue weighted by Crippen LogP contribution is 2.31. The van der Waals surface area contributed by atoms with Crippen molar-refractivity contribution in [2.45, 2.75) is 32.9 Å². The number of para-hydroxylation sites is 2. The number of ether oxygens (including phenoxy) is 3. The minimum absolute atomic E-state index is 0.264. The van der Waals surface area contributed by atoms with Gasteiger partial charge >= 0.3 is 0 Å². The predicted molar refractivity (Wildman–Crippen MR) is 108 cm³/mol. The Balaban J connectivity index is 1.99. The molecule has 2 aromatic rings. The van der Waals surface area contributed by atoms with Gasteiger partial charge in [0.15, 0.2) is 11.5 Å². The van der Waals surface area contributed by atoms with E-state index in [0.717, 1.165) is 41.3 Å². The second-order valence-corrected chi connectivity index (χ2v) is 6.62. The van der Waals surface area contributed by atoms with Crippen molar-refractivity contribution >= 4 is 0 Å². The van der Waals surface area contributed by atoms with Crippen molar-refractivity contribution in [1.82, 2.24) is 4.90 Å². The number of benzene rings is 2. The van der Waals surface area contributed by atoms with Crippen molar-refractivity contribution in [2.24, 2.45) is 0 Å². The molecule has 0 unspecified atom stereocenters. The lowest BCUT2D eigenvalue weighted by Crippen LogP contribution is -2.36. The van der Waals surface area contributed by atoms with Crippen LogP contribution in [-0.4, -0.2) is 50.0 Å². The van der Waals surface area contributed by atoms with Gasteiger partial charge in [-0.3, -0.25) is 4.90 Å². The van der Waals surface area contributed by atoms with E-state index in [1.807, 2.05) is 49.4 Å². The van der Waals surface area contributed by atoms with E-state index in [1.54, 1.807) is 14.2 Å². The van der Waals surface area contributed by atoms with E-state index in [1.165, 1.54) is 0 Å². The van der Waals surface area contributed by atoms with Crippen LogP contribution in [-0.2, 0) is 6.54 Å². The quantitative estimate of drug-likeness (QED) is 0.651. The maximum Gasteiger partial charge on any atom is 0.165 e. The van der Waals surface area contributed by atoms with Crippen molar-refractivity contribution in [1.29, 1.82) is 0 Å². The topological polar surface area (TPSA) is 51.2 Å². The van der Waals surface area contributed by atoms with Gasteiger partial charge in [-0.1, -0.05) is 37.3 Å². The molecule has 0 aromatic heterocycles. The number of hydrogen-bond acceptors (Lipinski definition) is 5. The minimum atomic E-state index is -0.576. The van der Waals surface area contributed by atoms with Gasteiger partial charge in [0.05, 0.1) is 14.2 Å². The molecule has 0 spiro atoms. The first-order valence-corrected chi connectivity index (χ1v) is 9.37. The van der Waals surface area contributed by atoms with Crippen molar-refractivity contribution in [3.63, 3.8) is 0 Å². The summed E-state index contributed by atoms with van der Waals surface area (Å²) in [5.74, 6) is 2.27. The van der Waals surface area contributed by atoms with Crippen LogP contribution < -0.4 is 14.2 Å². The molecule has 0 bridgehead atoms. The summed E-state index contributed by atoms with van der Waals surface area (Å²) in [5.41, 5.74) is 2.11. The zero-order valence-corrected chi connectivity index (χ0v) is 16.8. The molecule has 5 nitrogen and oxygen atoms in total. The third kappa shape index (κ3) is 6.15. The summed E-state index contributed by atoms with van der Waals surface area (Å²) in [7, 11) is 3.29. The molecule has 0 aliphatic rings. The monoisotopic (exact) mass is 373 g/mol. The first-order valence-electron chi connectivity index (χ1n) is 9.37. The highest BCUT2D eigenvalue weighted by atomic mass is 16.5. The Hall–Kier alpha value is -2.24. The molecule has 0 heterocycles. The van der Waals surface area contributed by atoms with Gasteiger partial charge < -0.3 is 19.3 Å². The first-order chi connectivity index (χ1) is 13.1. The third-order valence-corrected chi connectivity index (χ3v) is 4.41. The molecular formula is C22H31NO4. The van der Waals surface area contributed by atoms with Crippen molar-refractivity contribution in [3.05, 3.63) is 53.6 Å². The Labute approximate surface area is 162 Å². The summed E-state index contributed by atoms with van der Waals surface area (Å²) in [5, 5.41) is 10.5. The molecule has 0 aliphatic carbocycles. The molecule has 0 saturated carbocycles. The van der Waals surface area contributed by atoms with Gasteiger partial charge in [-0.25, -0.2) is 0 Å². The van der Waals surface area contributed by atoms with E-state index in [0.29, 0.717) is 13.1 Å². The molecule has 0 fully saturated rings. The fourth-order valence-corrected chi connectivity index (χ4v) is 3.13. The second kappa shape index (κ2) is 10.8. The molecule has 1 N–H and O–H groups in total. The summed E-state index contributed by atoms with van der Waals surface area (Å²) in [6, 6.07) is 13.7. The van der Waals surface area contributed by atoms with Crippen LogP contribution in [0, 0.1) is 6.92 Å². The van der Waals surface area contributed by atoms with Gasteiger partial charge in [0.25, 0.3) is 0 Å². The number of hydrogen-bond donors (Lipinski definition) is 1. The number of aryl methyl sites for hydroxylation is 1. The molecule has 0 aliphatic heterocycles. The van der Waals surface area contributed by atoms with E-state index in [4.69, 9.17) is 14.2 Å². The van der Waals surface area contributed by atoms with Crippen molar-refractivity contribution < 1.29 is 19.3 Å². The lowest BCUT2D eigenvalue weighted by molar-refractivity contribution is 0.0651. The average molecular weight is 373 g/mol. The summed E-state index contributed by atoms with van der Waals surface area (Å²) < 4.78 is 16.7. The van der Waals surface area contributed by atoms with Gasteiger partial charge in [0.1, 0.15) is 18.5 Å². The Kier molecular flexibility index (Phi) is 8.43. The van der Waals surface area contributed by atoms with Crippen LogP contribution in [0.2, 0.25) is 0 Å². The number of aliphatic hydroxyl groups excluding tert-OH is 1. The number of methoxy groups -OCH3 is 2. The lowest BCUT2D eigenvalue weighted by atomic mass is 10.1. The van der Waals surface area contributed by atoms with E-state index < -0.39 is 6.10 Å². The lowest BCUT2D eigenvalue weighted by Gasteiger charge is -2.26. The number of rotatable bonds is 11. The summed E-state index contributed by atoms with van der Waals surface area (Å²) in [6.07, 6.45) is 0.422. The van der Waals surface area contributed by atoms with Crippen LogP contribution in [0.1, 0.15) is 24.5 Å². The number of aliphatic hydroxyl groups is 1. The largest absolute Gasteiger partial charge is 0.493 e. The minimum Gasteiger partial charge on any atom is -0.493 e. The van der Waals surface area contributed by atoms with Crippen LogP contribution >= 0.6 is 0 Å². The zero-order chi connectivity index (χ0) is 19.6. The SMILES string of the molecule is CCCN(Cc1cccc(OC)c1OC)C[C@@H](O)COc1ccccc1C. The molecule has 1 atom stereocenters. The summed E-state index contributed by atoms with van der Waals surface area (Å²) in [6.45, 7) is 6.48. The molecular weight excluding hydrogens is 342 g/mol. The van der Waals surface area contributed by atoms with Gasteiger partial charge in [0.2, 0.25) is 0 Å². The van der Waals surface area contributed by atoms with Gasteiger partial charge in [0, 0.05) is 18.7 Å². The maximum atomic E-state index is 10.5. The average Bonchev–Trinajstić information content (AvgIpc) is 2.67. The van der Waals surface area contributed by atoms with Gasteiger partial charge in [-0.15, -0.1) is 0 Å². The van der Waals surface area contributed by atoms with Crippen molar-refractivity contribution in [2.75, 3.05) is 33.9 Å². The highest BCUT2D eigenvalue weighted by Gasteiger charge is 2.16. The molecule has 2 rings (SSSR count). The van der Waals surface area contributed by atoms with E-state index >= 15 is 0 Å². The van der Waals surface area contributed by atoms with E-state index in [9.17, 15) is 5.11 Å². The van der Waals surface area contributed by atoms with Gasteiger partial charge in [-0.2, -0.15) is 0 Å². The normalized spacial score (nSPS) is 12.1. The Morgan fingerprint density at radius 1 is 1.00 bits per heavy atom. The molecule has 2 aromatic carbocycles. The molecule has 0 amide bonds. The first kappa shape index (κ1) is 21.1. The molecule has 27 heavy (non-hydrogen) atoms. The third-order valence-electron chi connectivity index (χ3n) is 4.41. The van der Waals surface area contributed by atoms with Gasteiger partial charge in [-0.05, 0) is 37.6 Å². The Morgan fingerprint density at radius 3 is 2.41 bits per heavy atom. The maximum absolute atomic E-state index is 10.5. The fourth-order valence-electron chi connectivity index (χ4n) is 3.13. The highest BCUT2D eigenvalue weighted by molar-refractivity contribution is 5.46. The standard InChI is InChI=1S/C22H31NO4/c1-5-13-23(14-18-10-8-12-21(25-3)22(18)26-4)15-19(24)16-27-20-11-7-6-9-17(20)2/h6-12,19,24H,5,13-16H2,1-4H3/t19-/m1/s1. The van der Waals surface area contributed by atoms with E-state index in [2.05, 4.69) is 11.8 Å². The van der Waals surface area contributed by atoms with Crippen LogP contribution in [0.5, 0.6) is 17.2 Å². The smallest absolute Gasteiger partial charge is 0.165 e. The van der Waals surface area contributed by atoms with Crippen LogP contribution in [0.25, 0.3) is 0 Å². The fraction of sp³-hybridized carbons (Fsp3) is 0.455. The Bertz CT molecular complexity index is 704. The number of nitrogens with zero attached hydrogens (tertiary/aromatic N) is 1. The molecule has 0 radical (unpaired) electrons. The van der Waals surface area contributed by atoms with E-state index in [-0.39, 0.29) is 6.61 Å². The second-order valence-electron chi connectivity index (χ2n) is 6.62. The van der Waals surface area contributed by atoms with Crippen LogP contribution in [0.15, 0.2) is 42.5 Å². The summed E-state index contributed by atoms with van der Waals surface area (Å²) >= 11 is 0. The molecule has 148 valence electrons. The van der Waals surface area contributed by atoms with Crippen LogP contribution in [0.3, 0.4) is 0 Å². The molecule has 0 saturated heterocycles. The Morgan fingerprint density at radius 2 is 1.74 bits per heavy atom. The predicted octanol–water partition coefficient (Wildman–Crippen LogP) is 3.66. The van der Waals surface area contributed by atoms with Crippen LogP contribution in [0.4, 0.5) is 0 Å². The zero-order valence-electron chi connectivity index (χ0n) is 16.8. The molecule has 5 heteroatoms. The summed E-state index contributed by atoms with van der Waals surface area (Å²) in [4.78, 5) is 2.21. The van der Waals surface area contributed by atoms with Crippen molar-refractivity contribution in [3.8, 4) is 17.2 Å².